The molecule has 0 bridgehead atoms. The van der Waals surface area contributed by atoms with Crippen molar-refractivity contribution in [2.45, 2.75) is 6.54 Å². The summed E-state index contributed by atoms with van der Waals surface area (Å²) < 4.78 is 7.56. The highest BCUT2D eigenvalue weighted by Gasteiger charge is 2.16. The average Bonchev–Trinajstić information content (AvgIpc) is 3.31. The first-order chi connectivity index (χ1) is 13.6. The maximum absolute atomic E-state index is 8.11. The predicted molar refractivity (Wildman–Crippen MR) is 106 cm³/mol. The molecule has 0 atom stereocenters. The third-order valence-corrected chi connectivity index (χ3v) is 5.11. The van der Waals surface area contributed by atoms with Gasteiger partial charge in [-0.25, -0.2) is 15.0 Å². The maximum Gasteiger partial charge on any atom is 0.264 e. The van der Waals surface area contributed by atoms with E-state index in [2.05, 4.69) is 19.9 Å². The molecule has 5 rings (SSSR count). The number of rotatable bonds is 3. The van der Waals surface area contributed by atoms with Crippen molar-refractivity contribution in [1.29, 1.82) is 5.41 Å². The molecule has 0 aliphatic heterocycles. The average molecular weight is 411 g/mol. The monoisotopic (exact) mass is 410 g/mol. The maximum atomic E-state index is 8.11. The first kappa shape index (κ1) is 17.0. The zero-order valence-corrected chi connectivity index (χ0v) is 15.8. The van der Waals surface area contributed by atoms with Gasteiger partial charge < -0.3 is 14.0 Å². The summed E-state index contributed by atoms with van der Waals surface area (Å²) in [5, 5.41) is 9.22. The van der Waals surface area contributed by atoms with E-state index in [1.165, 1.54) is 0 Å². The van der Waals surface area contributed by atoms with Gasteiger partial charge in [0, 0.05) is 15.6 Å². The summed E-state index contributed by atoms with van der Waals surface area (Å²) in [5.74, 6) is 0.769. The first-order valence-electron chi connectivity index (χ1n) is 8.39. The van der Waals surface area contributed by atoms with Gasteiger partial charge in [-0.15, -0.1) is 0 Å². The van der Waals surface area contributed by atoms with Crippen LogP contribution in [0.15, 0.2) is 53.2 Å². The minimum absolute atomic E-state index is 0.0753. The van der Waals surface area contributed by atoms with Crippen molar-refractivity contribution in [2.24, 2.45) is 0 Å². The van der Waals surface area contributed by atoms with Crippen LogP contribution < -0.4 is 5.49 Å². The fourth-order valence-corrected chi connectivity index (χ4v) is 3.54. The van der Waals surface area contributed by atoms with Crippen LogP contribution >= 0.6 is 23.2 Å². The number of para-hydroxylation sites is 2. The summed E-state index contributed by atoms with van der Waals surface area (Å²) >= 11 is 12.6. The SMILES string of the molecule is N=c1ncn(Cc2c(Cl)cccc2Cl)c2nc(-c3nc4ccccc4o3)[nH]c12. The Bertz CT molecular complexity index is 1350. The number of benzene rings is 2. The van der Waals surface area contributed by atoms with Crippen molar-refractivity contribution in [3.05, 3.63) is 69.9 Å². The van der Waals surface area contributed by atoms with Gasteiger partial charge in [0.15, 0.2) is 22.5 Å². The number of oxazole rings is 1. The van der Waals surface area contributed by atoms with E-state index < -0.39 is 0 Å². The Balaban J connectivity index is 1.66. The lowest BCUT2D eigenvalue weighted by atomic mass is 10.2. The van der Waals surface area contributed by atoms with Crippen LogP contribution in [-0.4, -0.2) is 24.5 Å². The minimum Gasteiger partial charge on any atom is -0.434 e. The standard InChI is InChI=1S/C19H12Cl2N6O/c20-11-4-3-5-12(21)10(11)8-27-9-23-16(22)15-18(27)26-17(25-15)19-24-13-6-1-2-7-14(13)28-19/h1-7,9,22H,8H2,(H,25,26). The largest absolute Gasteiger partial charge is 0.434 e. The lowest BCUT2D eigenvalue weighted by molar-refractivity contribution is 0.614. The molecule has 0 aliphatic carbocycles. The Morgan fingerprint density at radius 2 is 1.82 bits per heavy atom. The van der Waals surface area contributed by atoms with E-state index in [-0.39, 0.29) is 5.49 Å². The Morgan fingerprint density at radius 3 is 2.61 bits per heavy atom. The van der Waals surface area contributed by atoms with Crippen molar-refractivity contribution < 1.29 is 4.42 Å². The summed E-state index contributed by atoms with van der Waals surface area (Å²) in [4.78, 5) is 16.3. The number of aromatic nitrogens is 5. The Kier molecular flexibility index (Phi) is 3.92. The molecule has 2 aromatic carbocycles. The van der Waals surface area contributed by atoms with E-state index >= 15 is 0 Å². The number of hydrogen-bond acceptors (Lipinski definition) is 5. The van der Waals surface area contributed by atoms with Crippen LogP contribution in [0.5, 0.6) is 0 Å². The molecule has 28 heavy (non-hydrogen) atoms. The number of nitrogens with one attached hydrogen (secondary N) is 2. The molecule has 0 spiro atoms. The molecule has 9 heteroatoms. The van der Waals surface area contributed by atoms with Gasteiger partial charge in [0.2, 0.25) is 0 Å². The highest BCUT2D eigenvalue weighted by atomic mass is 35.5. The highest BCUT2D eigenvalue weighted by Crippen LogP contribution is 2.27. The van der Waals surface area contributed by atoms with E-state index in [0.29, 0.717) is 45.1 Å². The van der Waals surface area contributed by atoms with Gasteiger partial charge in [0.05, 0.1) is 12.9 Å². The molecule has 3 aromatic heterocycles. The zero-order valence-electron chi connectivity index (χ0n) is 14.3. The van der Waals surface area contributed by atoms with Crippen molar-refractivity contribution in [1.82, 2.24) is 24.5 Å². The van der Waals surface area contributed by atoms with Gasteiger partial charge in [-0.1, -0.05) is 41.4 Å². The van der Waals surface area contributed by atoms with E-state index in [1.807, 2.05) is 24.3 Å². The van der Waals surface area contributed by atoms with Gasteiger partial charge in [0.25, 0.3) is 5.89 Å². The van der Waals surface area contributed by atoms with Gasteiger partial charge in [-0.05, 0) is 24.3 Å². The number of nitrogens with zero attached hydrogens (tertiary/aromatic N) is 4. The van der Waals surface area contributed by atoms with Gasteiger partial charge >= 0.3 is 0 Å². The van der Waals surface area contributed by atoms with Crippen LogP contribution in [0.2, 0.25) is 10.0 Å². The number of fused-ring (bicyclic) bond motifs is 2. The summed E-state index contributed by atoms with van der Waals surface area (Å²) in [5.41, 5.74) is 3.24. The third kappa shape index (κ3) is 2.76. The van der Waals surface area contributed by atoms with E-state index in [4.69, 9.17) is 33.0 Å². The minimum atomic E-state index is 0.0753. The third-order valence-electron chi connectivity index (χ3n) is 4.41. The van der Waals surface area contributed by atoms with Gasteiger partial charge in [-0.3, -0.25) is 5.41 Å². The first-order valence-corrected chi connectivity index (χ1v) is 9.14. The van der Waals surface area contributed by atoms with Crippen LogP contribution in [0.25, 0.3) is 34.0 Å². The van der Waals surface area contributed by atoms with E-state index in [9.17, 15) is 0 Å². The van der Waals surface area contributed by atoms with Crippen molar-refractivity contribution in [2.75, 3.05) is 0 Å². The fraction of sp³-hybridized carbons (Fsp3) is 0.0526. The lowest BCUT2D eigenvalue weighted by Gasteiger charge is -2.10. The topological polar surface area (TPSA) is 96.4 Å². The molecule has 2 N–H and O–H groups in total. The molecular formula is C19H12Cl2N6O. The second-order valence-corrected chi connectivity index (χ2v) is 7.01. The molecule has 0 saturated carbocycles. The van der Waals surface area contributed by atoms with Crippen molar-refractivity contribution in [3.63, 3.8) is 0 Å². The quantitative estimate of drug-likeness (QED) is 0.460. The number of H-pyrrole nitrogens is 1. The Labute approximate surface area is 168 Å². The summed E-state index contributed by atoms with van der Waals surface area (Å²) in [6.07, 6.45) is 1.54. The van der Waals surface area contributed by atoms with Crippen LogP contribution in [0.3, 0.4) is 0 Å². The molecule has 3 heterocycles. The van der Waals surface area contributed by atoms with Crippen molar-refractivity contribution in [3.8, 4) is 11.7 Å². The van der Waals surface area contributed by atoms with Crippen LogP contribution in [-0.2, 0) is 6.54 Å². The number of aromatic amines is 1. The molecule has 0 unspecified atom stereocenters. The molecule has 0 radical (unpaired) electrons. The summed E-state index contributed by atoms with van der Waals surface area (Å²) in [6, 6.07) is 12.8. The summed E-state index contributed by atoms with van der Waals surface area (Å²) in [7, 11) is 0. The smallest absolute Gasteiger partial charge is 0.264 e. The van der Waals surface area contributed by atoms with Crippen LogP contribution in [0.1, 0.15) is 5.56 Å². The van der Waals surface area contributed by atoms with Crippen LogP contribution in [0.4, 0.5) is 0 Å². The number of imidazole rings is 1. The number of hydrogen-bond donors (Lipinski definition) is 2. The normalized spacial score (nSPS) is 11.5. The molecule has 0 aliphatic rings. The van der Waals surface area contributed by atoms with Gasteiger partial charge in [0.1, 0.15) is 11.0 Å². The molecule has 138 valence electrons. The molecule has 0 saturated heterocycles. The Hall–Kier alpha value is -3.16. The van der Waals surface area contributed by atoms with Crippen molar-refractivity contribution >= 4 is 45.5 Å². The second-order valence-electron chi connectivity index (χ2n) is 6.19. The van der Waals surface area contributed by atoms with Crippen LogP contribution in [0, 0.1) is 5.41 Å². The summed E-state index contributed by atoms with van der Waals surface area (Å²) in [6.45, 7) is 0.361. The fourth-order valence-electron chi connectivity index (χ4n) is 3.03. The number of halogens is 2. The molecule has 5 aromatic rings. The lowest BCUT2D eigenvalue weighted by Crippen LogP contribution is -2.13. The van der Waals surface area contributed by atoms with E-state index in [1.54, 1.807) is 29.1 Å². The molecule has 0 amide bonds. The second kappa shape index (κ2) is 6.47. The highest BCUT2D eigenvalue weighted by molar-refractivity contribution is 6.36. The Morgan fingerprint density at radius 1 is 1.04 bits per heavy atom. The molecule has 0 fully saturated rings. The molecule has 7 nitrogen and oxygen atoms in total. The van der Waals surface area contributed by atoms with E-state index in [0.717, 1.165) is 11.1 Å². The zero-order chi connectivity index (χ0) is 19.3. The molecular weight excluding hydrogens is 399 g/mol. The van der Waals surface area contributed by atoms with Gasteiger partial charge in [-0.2, -0.15) is 0 Å². The predicted octanol–water partition coefficient (Wildman–Crippen LogP) is 4.40.